The van der Waals surface area contributed by atoms with Crippen molar-refractivity contribution >= 4 is 27.5 Å². The number of hydrogen-bond acceptors (Lipinski definition) is 2. The fraction of sp³-hybridized carbons (Fsp3) is 0.105. The van der Waals surface area contributed by atoms with Crippen LogP contribution in [0.15, 0.2) is 54.6 Å². The first kappa shape index (κ1) is 13.2. The van der Waals surface area contributed by atoms with Crippen LogP contribution in [0.2, 0.25) is 0 Å². The third-order valence-electron chi connectivity index (χ3n) is 3.49. The lowest BCUT2D eigenvalue weighted by molar-refractivity contribution is 0.0441. The molecule has 0 saturated heterocycles. The number of ether oxygens (including phenoxy) is 1. The first-order valence-electron chi connectivity index (χ1n) is 6.77. The average Bonchev–Trinajstić information content (AvgIpc) is 2.52. The molecule has 3 aromatic rings. The Kier molecular flexibility index (Phi) is 3.33. The van der Waals surface area contributed by atoms with Crippen molar-refractivity contribution in [3.8, 4) is 12.3 Å². The van der Waals surface area contributed by atoms with E-state index in [-0.39, 0.29) is 5.97 Å². The summed E-state index contributed by atoms with van der Waals surface area (Å²) in [6.07, 6.45) is 4.72. The Bertz CT molecular complexity index is 871. The monoisotopic (exact) mass is 274 g/mol. The molecular formula is C19H14O2. The minimum absolute atomic E-state index is 0.388. The van der Waals surface area contributed by atoms with Crippen LogP contribution in [0.4, 0.5) is 0 Å². The Balaban J connectivity index is 2.17. The Morgan fingerprint density at radius 1 is 1.05 bits per heavy atom. The van der Waals surface area contributed by atoms with Gasteiger partial charge in [-0.25, -0.2) is 4.79 Å². The molecule has 0 aliphatic heterocycles. The van der Waals surface area contributed by atoms with E-state index < -0.39 is 6.10 Å². The summed E-state index contributed by atoms with van der Waals surface area (Å²) in [5, 5.41) is 4.13. The molecule has 0 N–H and O–H groups in total. The summed E-state index contributed by atoms with van der Waals surface area (Å²) in [5.41, 5.74) is 0.542. The lowest BCUT2D eigenvalue weighted by Gasteiger charge is -2.10. The molecule has 0 radical (unpaired) electrons. The topological polar surface area (TPSA) is 26.3 Å². The third kappa shape index (κ3) is 2.46. The highest BCUT2D eigenvalue weighted by atomic mass is 16.5. The van der Waals surface area contributed by atoms with Crippen molar-refractivity contribution in [2.45, 2.75) is 13.0 Å². The summed E-state index contributed by atoms with van der Waals surface area (Å²) in [5.74, 6) is 2.01. The van der Waals surface area contributed by atoms with Crippen molar-refractivity contribution in [2.24, 2.45) is 0 Å². The van der Waals surface area contributed by atoms with Crippen LogP contribution >= 0.6 is 0 Å². The highest BCUT2D eigenvalue weighted by Crippen LogP contribution is 2.26. The van der Waals surface area contributed by atoms with E-state index in [9.17, 15) is 4.79 Å². The second-order valence-electron chi connectivity index (χ2n) is 4.94. The summed E-state index contributed by atoms with van der Waals surface area (Å²) in [4.78, 5) is 12.2. The molecule has 3 rings (SSSR count). The summed E-state index contributed by atoms with van der Waals surface area (Å²) in [6, 6.07) is 17.8. The van der Waals surface area contributed by atoms with Crippen molar-refractivity contribution < 1.29 is 9.53 Å². The SMILES string of the molecule is C#C[C@H](C)OC(=O)c1cccc2cc3ccccc3cc12. The van der Waals surface area contributed by atoms with E-state index in [0.717, 1.165) is 21.5 Å². The van der Waals surface area contributed by atoms with Crippen molar-refractivity contribution in [1.82, 2.24) is 0 Å². The largest absolute Gasteiger partial charge is 0.446 e. The van der Waals surface area contributed by atoms with Crippen molar-refractivity contribution in [3.05, 3.63) is 60.2 Å². The van der Waals surface area contributed by atoms with Gasteiger partial charge in [-0.15, -0.1) is 6.42 Å². The second-order valence-corrected chi connectivity index (χ2v) is 4.94. The maximum absolute atomic E-state index is 12.2. The van der Waals surface area contributed by atoms with Gasteiger partial charge >= 0.3 is 5.97 Å². The first-order valence-corrected chi connectivity index (χ1v) is 6.77. The summed E-state index contributed by atoms with van der Waals surface area (Å²) in [7, 11) is 0. The smallest absolute Gasteiger partial charge is 0.339 e. The molecule has 0 unspecified atom stereocenters. The molecular weight excluding hydrogens is 260 g/mol. The molecule has 3 aromatic carbocycles. The van der Waals surface area contributed by atoms with Crippen LogP contribution in [-0.4, -0.2) is 12.1 Å². The Hall–Kier alpha value is -2.79. The van der Waals surface area contributed by atoms with Gasteiger partial charge < -0.3 is 4.74 Å². The van der Waals surface area contributed by atoms with E-state index >= 15 is 0 Å². The van der Waals surface area contributed by atoms with Crippen LogP contribution in [-0.2, 0) is 4.74 Å². The molecule has 21 heavy (non-hydrogen) atoms. The molecule has 2 heteroatoms. The number of fused-ring (bicyclic) bond motifs is 2. The quantitative estimate of drug-likeness (QED) is 0.398. The normalized spacial score (nSPS) is 12.0. The predicted molar refractivity (Wildman–Crippen MR) is 85.2 cm³/mol. The highest BCUT2D eigenvalue weighted by molar-refractivity contribution is 6.09. The van der Waals surface area contributed by atoms with Crippen LogP contribution in [0.3, 0.4) is 0 Å². The van der Waals surface area contributed by atoms with Gasteiger partial charge in [0, 0.05) is 0 Å². The van der Waals surface area contributed by atoms with Gasteiger partial charge in [-0.05, 0) is 46.7 Å². The number of hydrogen-bond donors (Lipinski definition) is 0. The molecule has 102 valence electrons. The number of carbonyl (C=O) groups excluding carboxylic acids is 1. The maximum atomic E-state index is 12.2. The molecule has 0 aliphatic rings. The summed E-state index contributed by atoms with van der Waals surface area (Å²) < 4.78 is 5.23. The van der Waals surface area contributed by atoms with E-state index in [2.05, 4.69) is 18.1 Å². The lowest BCUT2D eigenvalue weighted by atomic mass is 10.00. The van der Waals surface area contributed by atoms with Gasteiger partial charge in [-0.2, -0.15) is 0 Å². The molecule has 0 aromatic heterocycles. The number of rotatable bonds is 2. The Morgan fingerprint density at radius 2 is 1.71 bits per heavy atom. The van der Waals surface area contributed by atoms with Crippen LogP contribution in [0.5, 0.6) is 0 Å². The number of carbonyl (C=O) groups is 1. The molecule has 0 spiro atoms. The van der Waals surface area contributed by atoms with Gasteiger partial charge in [-0.3, -0.25) is 0 Å². The van der Waals surface area contributed by atoms with Crippen LogP contribution in [0.25, 0.3) is 21.5 Å². The predicted octanol–water partition coefficient (Wildman–Crippen LogP) is 4.17. The minimum Gasteiger partial charge on any atom is -0.446 e. The van der Waals surface area contributed by atoms with Gasteiger partial charge in [0.2, 0.25) is 0 Å². The van der Waals surface area contributed by atoms with Gasteiger partial charge in [0.05, 0.1) is 5.56 Å². The molecule has 0 aliphatic carbocycles. The summed E-state index contributed by atoms with van der Waals surface area (Å²) >= 11 is 0. The van der Waals surface area contributed by atoms with Crippen molar-refractivity contribution in [2.75, 3.05) is 0 Å². The van der Waals surface area contributed by atoms with Crippen molar-refractivity contribution in [1.29, 1.82) is 0 Å². The number of terminal acetylenes is 1. The first-order chi connectivity index (χ1) is 10.2. The lowest BCUT2D eigenvalue weighted by Crippen LogP contribution is -2.13. The maximum Gasteiger partial charge on any atom is 0.339 e. The van der Waals surface area contributed by atoms with E-state index in [4.69, 9.17) is 11.2 Å². The zero-order valence-electron chi connectivity index (χ0n) is 11.7. The van der Waals surface area contributed by atoms with Crippen LogP contribution < -0.4 is 0 Å². The van der Waals surface area contributed by atoms with Gasteiger partial charge in [0.25, 0.3) is 0 Å². The molecule has 0 saturated carbocycles. The number of benzene rings is 3. The van der Waals surface area contributed by atoms with Crippen LogP contribution in [0.1, 0.15) is 17.3 Å². The van der Waals surface area contributed by atoms with Gasteiger partial charge in [-0.1, -0.05) is 42.3 Å². The van der Waals surface area contributed by atoms with E-state index in [1.54, 1.807) is 13.0 Å². The standard InChI is InChI=1S/C19H14O2/c1-3-13(2)21-19(20)17-10-6-9-16-11-14-7-4-5-8-15(14)12-18(16)17/h1,4-13H,2H3/t13-/m0/s1. The van der Waals surface area contributed by atoms with Crippen molar-refractivity contribution in [3.63, 3.8) is 0 Å². The molecule has 0 amide bonds. The Labute approximate surface area is 123 Å². The van der Waals surface area contributed by atoms with Gasteiger partial charge in [0.1, 0.15) is 0 Å². The molecule has 1 atom stereocenters. The Morgan fingerprint density at radius 3 is 2.43 bits per heavy atom. The molecule has 2 nitrogen and oxygen atoms in total. The highest BCUT2D eigenvalue weighted by Gasteiger charge is 2.14. The van der Waals surface area contributed by atoms with Crippen LogP contribution in [0, 0.1) is 12.3 Å². The molecule has 0 heterocycles. The van der Waals surface area contributed by atoms with Gasteiger partial charge in [0.15, 0.2) is 6.10 Å². The number of esters is 1. The second kappa shape index (κ2) is 5.30. The average molecular weight is 274 g/mol. The summed E-state index contributed by atoms with van der Waals surface area (Å²) in [6.45, 7) is 1.68. The van der Waals surface area contributed by atoms with E-state index in [0.29, 0.717) is 5.56 Å². The fourth-order valence-electron chi connectivity index (χ4n) is 2.40. The fourth-order valence-corrected chi connectivity index (χ4v) is 2.40. The van der Waals surface area contributed by atoms with E-state index in [1.807, 2.05) is 36.4 Å². The molecule has 0 bridgehead atoms. The minimum atomic E-state index is -0.534. The molecule has 0 fully saturated rings. The third-order valence-corrected chi connectivity index (χ3v) is 3.49. The van der Waals surface area contributed by atoms with E-state index in [1.165, 1.54) is 0 Å². The zero-order valence-corrected chi connectivity index (χ0v) is 11.7. The zero-order chi connectivity index (χ0) is 14.8.